The second-order valence-corrected chi connectivity index (χ2v) is 7.57. The van der Waals surface area contributed by atoms with E-state index in [2.05, 4.69) is 39.5 Å². The van der Waals surface area contributed by atoms with Gasteiger partial charge in [0.2, 0.25) is 0 Å². The number of nitrogens with one attached hydrogen (secondary N) is 2. The molecule has 4 rings (SSSR count). The molecule has 2 aliphatic rings. The van der Waals surface area contributed by atoms with Crippen molar-refractivity contribution in [2.75, 3.05) is 30.0 Å². The highest BCUT2D eigenvalue weighted by Gasteiger charge is 2.35. The van der Waals surface area contributed by atoms with E-state index in [1.807, 2.05) is 12.1 Å². The lowest BCUT2D eigenvalue weighted by Crippen LogP contribution is -2.44. The van der Waals surface area contributed by atoms with E-state index in [4.69, 9.17) is 9.72 Å². The first-order chi connectivity index (χ1) is 13.2. The van der Waals surface area contributed by atoms with Crippen LogP contribution in [0.3, 0.4) is 0 Å². The number of nitrogens with zero attached hydrogens (tertiary/aromatic N) is 4. The summed E-state index contributed by atoms with van der Waals surface area (Å²) in [7, 11) is 0. The van der Waals surface area contributed by atoms with Gasteiger partial charge in [-0.25, -0.2) is 4.98 Å². The van der Waals surface area contributed by atoms with Gasteiger partial charge in [-0.2, -0.15) is 10.4 Å². The predicted molar refractivity (Wildman–Crippen MR) is 104 cm³/mol. The van der Waals surface area contributed by atoms with Crippen molar-refractivity contribution in [2.24, 2.45) is 0 Å². The Labute approximate surface area is 159 Å². The van der Waals surface area contributed by atoms with Gasteiger partial charge >= 0.3 is 0 Å². The van der Waals surface area contributed by atoms with Crippen molar-refractivity contribution in [1.29, 1.82) is 5.26 Å². The fourth-order valence-corrected chi connectivity index (χ4v) is 4.15. The minimum absolute atomic E-state index is 0.255. The van der Waals surface area contributed by atoms with Crippen molar-refractivity contribution in [3.63, 3.8) is 0 Å². The van der Waals surface area contributed by atoms with Crippen LogP contribution in [0.4, 0.5) is 17.5 Å². The normalized spacial score (nSPS) is 22.2. The van der Waals surface area contributed by atoms with Crippen LogP contribution in [-0.2, 0) is 10.2 Å². The number of nitriles is 1. The number of pyridine rings is 1. The SMILES string of the molecule is C[C@@H]1COCCN1c1cc(C2(C#N)CCCCC2)cc(Nc2ccn[nH]2)n1. The molecular weight excluding hydrogens is 340 g/mol. The molecule has 1 aliphatic carbocycles. The van der Waals surface area contributed by atoms with Crippen molar-refractivity contribution < 1.29 is 4.74 Å². The Kier molecular flexibility index (Phi) is 4.99. The van der Waals surface area contributed by atoms with Gasteiger partial charge in [0, 0.05) is 12.6 Å². The molecule has 1 aliphatic heterocycles. The lowest BCUT2D eigenvalue weighted by Gasteiger charge is -2.36. The molecule has 1 saturated carbocycles. The molecule has 142 valence electrons. The predicted octanol–water partition coefficient (Wildman–Crippen LogP) is 3.50. The Morgan fingerprint density at radius 1 is 1.33 bits per heavy atom. The van der Waals surface area contributed by atoms with Crippen LogP contribution in [0.5, 0.6) is 0 Å². The molecule has 1 saturated heterocycles. The summed E-state index contributed by atoms with van der Waals surface area (Å²) >= 11 is 0. The van der Waals surface area contributed by atoms with Gasteiger partial charge in [-0.1, -0.05) is 19.3 Å². The summed E-state index contributed by atoms with van der Waals surface area (Å²) in [5.41, 5.74) is 0.644. The maximum Gasteiger partial charge on any atom is 0.134 e. The number of aromatic amines is 1. The largest absolute Gasteiger partial charge is 0.377 e. The van der Waals surface area contributed by atoms with Gasteiger partial charge in [-0.3, -0.25) is 5.10 Å². The molecular formula is C20H26N6O. The Balaban J connectivity index is 1.75. The summed E-state index contributed by atoms with van der Waals surface area (Å²) in [6, 6.07) is 8.92. The molecule has 0 amide bonds. The summed E-state index contributed by atoms with van der Waals surface area (Å²) in [4.78, 5) is 7.12. The number of anilines is 3. The lowest BCUT2D eigenvalue weighted by molar-refractivity contribution is 0.0985. The fourth-order valence-electron chi connectivity index (χ4n) is 4.15. The number of rotatable bonds is 4. The molecule has 27 heavy (non-hydrogen) atoms. The van der Waals surface area contributed by atoms with Crippen molar-refractivity contribution >= 4 is 17.5 Å². The Morgan fingerprint density at radius 3 is 2.89 bits per heavy atom. The molecule has 2 aromatic rings. The van der Waals surface area contributed by atoms with Gasteiger partial charge in [0.25, 0.3) is 0 Å². The summed E-state index contributed by atoms with van der Waals surface area (Å²) in [5, 5.41) is 20.3. The van der Waals surface area contributed by atoms with Crippen molar-refractivity contribution in [3.8, 4) is 6.07 Å². The van der Waals surface area contributed by atoms with Crippen LogP contribution in [0.1, 0.15) is 44.6 Å². The maximum atomic E-state index is 10.1. The Hall–Kier alpha value is -2.59. The van der Waals surface area contributed by atoms with Crippen LogP contribution in [0.2, 0.25) is 0 Å². The van der Waals surface area contributed by atoms with Crippen LogP contribution in [0.15, 0.2) is 24.4 Å². The van der Waals surface area contributed by atoms with E-state index in [0.29, 0.717) is 13.2 Å². The zero-order valence-electron chi connectivity index (χ0n) is 15.7. The molecule has 3 heterocycles. The molecule has 7 nitrogen and oxygen atoms in total. The number of hydrogen-bond donors (Lipinski definition) is 2. The zero-order valence-corrected chi connectivity index (χ0v) is 15.7. The van der Waals surface area contributed by atoms with Gasteiger partial charge in [-0.15, -0.1) is 0 Å². The average Bonchev–Trinajstić information content (AvgIpc) is 3.21. The molecule has 2 fully saturated rings. The van der Waals surface area contributed by atoms with E-state index in [0.717, 1.165) is 55.2 Å². The fraction of sp³-hybridized carbons (Fsp3) is 0.550. The summed E-state index contributed by atoms with van der Waals surface area (Å²) in [6.07, 6.45) is 6.94. The van der Waals surface area contributed by atoms with Crippen LogP contribution >= 0.6 is 0 Å². The van der Waals surface area contributed by atoms with Gasteiger partial charge in [0.1, 0.15) is 17.5 Å². The molecule has 2 aromatic heterocycles. The smallest absolute Gasteiger partial charge is 0.134 e. The number of aromatic nitrogens is 3. The molecule has 1 atom stereocenters. The molecule has 2 N–H and O–H groups in total. The van der Waals surface area contributed by atoms with Crippen molar-refractivity contribution in [3.05, 3.63) is 30.0 Å². The minimum Gasteiger partial charge on any atom is -0.377 e. The maximum absolute atomic E-state index is 10.1. The number of H-pyrrole nitrogens is 1. The summed E-state index contributed by atoms with van der Waals surface area (Å²) in [5.74, 6) is 2.44. The topological polar surface area (TPSA) is 89.9 Å². The number of ether oxygens (including phenoxy) is 1. The summed E-state index contributed by atoms with van der Waals surface area (Å²) < 4.78 is 5.59. The van der Waals surface area contributed by atoms with Crippen molar-refractivity contribution in [2.45, 2.75) is 50.5 Å². The van der Waals surface area contributed by atoms with Crippen LogP contribution < -0.4 is 10.2 Å². The highest BCUT2D eigenvalue weighted by atomic mass is 16.5. The van der Waals surface area contributed by atoms with E-state index in [-0.39, 0.29) is 6.04 Å². The lowest BCUT2D eigenvalue weighted by atomic mass is 9.70. The average molecular weight is 366 g/mol. The molecule has 7 heteroatoms. The van der Waals surface area contributed by atoms with Gasteiger partial charge in [-0.05, 0) is 37.5 Å². The highest BCUT2D eigenvalue weighted by molar-refractivity contribution is 5.59. The quantitative estimate of drug-likeness (QED) is 0.861. The third-order valence-electron chi connectivity index (χ3n) is 5.71. The molecule has 0 aromatic carbocycles. The Bertz CT molecular complexity index is 806. The third kappa shape index (κ3) is 3.62. The van der Waals surface area contributed by atoms with E-state index in [1.54, 1.807) is 6.20 Å². The van der Waals surface area contributed by atoms with Gasteiger partial charge in [0.15, 0.2) is 0 Å². The second-order valence-electron chi connectivity index (χ2n) is 7.57. The first-order valence-electron chi connectivity index (χ1n) is 9.75. The molecule has 0 radical (unpaired) electrons. The Morgan fingerprint density at radius 2 is 2.19 bits per heavy atom. The van der Waals surface area contributed by atoms with Crippen molar-refractivity contribution in [1.82, 2.24) is 15.2 Å². The van der Waals surface area contributed by atoms with Gasteiger partial charge < -0.3 is 15.0 Å². The molecule has 0 spiro atoms. The standard InChI is InChI=1S/C20H26N6O/c1-15-13-27-10-9-26(15)19-12-16(20(14-21)6-3-2-4-7-20)11-18(24-19)23-17-5-8-22-25-17/h5,8,11-12,15H,2-4,6-7,9-10,13H2,1H3,(H2,22,23,24,25)/t15-/m1/s1. The second kappa shape index (κ2) is 7.57. The highest BCUT2D eigenvalue weighted by Crippen LogP contribution is 2.41. The summed E-state index contributed by atoms with van der Waals surface area (Å²) in [6.45, 7) is 4.35. The van der Waals surface area contributed by atoms with Crippen LogP contribution in [0, 0.1) is 11.3 Å². The monoisotopic (exact) mass is 366 g/mol. The minimum atomic E-state index is -0.421. The third-order valence-corrected chi connectivity index (χ3v) is 5.71. The van der Waals surface area contributed by atoms with E-state index in [1.165, 1.54) is 6.42 Å². The van der Waals surface area contributed by atoms with E-state index < -0.39 is 5.41 Å². The number of hydrogen-bond acceptors (Lipinski definition) is 6. The molecule has 0 unspecified atom stereocenters. The first-order valence-corrected chi connectivity index (χ1v) is 9.75. The van der Waals surface area contributed by atoms with Crippen LogP contribution in [-0.4, -0.2) is 41.0 Å². The zero-order chi connectivity index (χ0) is 18.7. The van der Waals surface area contributed by atoms with E-state index >= 15 is 0 Å². The van der Waals surface area contributed by atoms with E-state index in [9.17, 15) is 5.26 Å². The molecule has 0 bridgehead atoms. The van der Waals surface area contributed by atoms with Gasteiger partial charge in [0.05, 0.1) is 36.9 Å². The van der Waals surface area contributed by atoms with Crippen LogP contribution in [0.25, 0.3) is 0 Å². The number of morpholine rings is 1. The first kappa shape index (κ1) is 17.8.